The van der Waals surface area contributed by atoms with Crippen LogP contribution in [0.5, 0.6) is 0 Å². The maximum Gasteiger partial charge on any atom is 0.380 e. The summed E-state index contributed by atoms with van der Waals surface area (Å²) in [6.45, 7) is 0.0505. The van der Waals surface area contributed by atoms with E-state index in [1.54, 1.807) is 0 Å². The quantitative estimate of drug-likeness (QED) is 0.674. The molecule has 0 unspecified atom stereocenters. The van der Waals surface area contributed by atoms with Crippen LogP contribution in [-0.4, -0.2) is 36.9 Å². The van der Waals surface area contributed by atoms with Gasteiger partial charge in [0.15, 0.2) is 0 Å². The molecule has 0 rings (SSSR count). The molecule has 1 radical (unpaired) electrons. The number of alkyl halides is 8. The van der Waals surface area contributed by atoms with Crippen LogP contribution in [0.2, 0.25) is 0 Å². The van der Waals surface area contributed by atoms with E-state index in [9.17, 15) is 35.1 Å². The van der Waals surface area contributed by atoms with E-state index in [0.717, 1.165) is 6.92 Å². The van der Waals surface area contributed by atoms with Gasteiger partial charge in [0.2, 0.25) is 0 Å². The third kappa shape index (κ3) is 2.80. The summed E-state index contributed by atoms with van der Waals surface area (Å²) in [5.41, 5.74) is 0. The first kappa shape index (κ1) is 16.4. The van der Waals surface area contributed by atoms with Crippen molar-refractivity contribution in [1.29, 1.82) is 0 Å². The first-order valence-electron chi connectivity index (χ1n) is 4.25. The van der Waals surface area contributed by atoms with Gasteiger partial charge in [-0.3, -0.25) is 0 Å². The van der Waals surface area contributed by atoms with Gasteiger partial charge < -0.3 is 4.74 Å². The zero-order valence-electron chi connectivity index (χ0n) is 8.55. The molecule has 9 heteroatoms. The number of ether oxygens (including phenoxy) is 1. The van der Waals surface area contributed by atoms with Gasteiger partial charge in [-0.25, -0.2) is 0 Å². The lowest BCUT2D eigenvalue weighted by molar-refractivity contribution is -0.362. The SMILES string of the molecule is [CH2]C(F)(F)C(F)(F)C(F)(F)C(F)(F)COCC. The lowest BCUT2D eigenvalue weighted by Crippen LogP contribution is -2.62. The first-order chi connectivity index (χ1) is 7.31. The summed E-state index contributed by atoms with van der Waals surface area (Å²) < 4.78 is 104. The molecule has 103 valence electrons. The van der Waals surface area contributed by atoms with Crippen molar-refractivity contribution in [3.05, 3.63) is 6.92 Å². The molecule has 0 aromatic carbocycles. The Kier molecular flexibility index (Phi) is 4.42. The molecule has 0 aliphatic carbocycles. The highest BCUT2D eigenvalue weighted by atomic mass is 19.4. The zero-order chi connectivity index (χ0) is 14.1. The summed E-state index contributed by atoms with van der Waals surface area (Å²) in [4.78, 5) is 0. The van der Waals surface area contributed by atoms with Crippen LogP contribution in [0.1, 0.15) is 6.92 Å². The number of hydrogen-bond acceptors (Lipinski definition) is 1. The molecule has 0 aliphatic heterocycles. The summed E-state index contributed by atoms with van der Waals surface area (Å²) in [7, 11) is 0. The Morgan fingerprint density at radius 3 is 1.59 bits per heavy atom. The van der Waals surface area contributed by atoms with Crippen LogP contribution >= 0.6 is 0 Å². The molecule has 0 amide bonds. The van der Waals surface area contributed by atoms with Crippen molar-refractivity contribution in [1.82, 2.24) is 0 Å². The van der Waals surface area contributed by atoms with Gasteiger partial charge in [0.25, 0.3) is 0 Å². The monoisotopic (exact) mass is 273 g/mol. The second kappa shape index (κ2) is 4.58. The maximum atomic E-state index is 12.7. The summed E-state index contributed by atoms with van der Waals surface area (Å²) in [5.74, 6) is -23.5. The number of hydrogen-bond donors (Lipinski definition) is 0. The van der Waals surface area contributed by atoms with Crippen molar-refractivity contribution in [2.75, 3.05) is 13.2 Å². The van der Waals surface area contributed by atoms with Crippen LogP contribution in [0.3, 0.4) is 0 Å². The van der Waals surface area contributed by atoms with Gasteiger partial charge in [-0.15, -0.1) is 0 Å². The van der Waals surface area contributed by atoms with Crippen molar-refractivity contribution < 1.29 is 39.9 Å². The molecule has 0 heterocycles. The Hall–Kier alpha value is -0.600. The lowest BCUT2D eigenvalue weighted by Gasteiger charge is -2.35. The molecule has 0 atom stereocenters. The van der Waals surface area contributed by atoms with Gasteiger partial charge in [-0.1, -0.05) is 0 Å². The third-order valence-electron chi connectivity index (χ3n) is 1.80. The Balaban J connectivity index is 5.24. The van der Waals surface area contributed by atoms with Crippen LogP contribution in [0.15, 0.2) is 0 Å². The normalized spacial score (nSPS) is 15.2. The Morgan fingerprint density at radius 1 is 0.882 bits per heavy atom. The smallest absolute Gasteiger partial charge is 0.375 e. The predicted molar refractivity (Wildman–Crippen MR) is 41.6 cm³/mol. The van der Waals surface area contributed by atoms with Crippen LogP contribution < -0.4 is 0 Å². The van der Waals surface area contributed by atoms with Gasteiger partial charge in [-0.2, -0.15) is 35.1 Å². The second-order valence-corrected chi connectivity index (χ2v) is 3.19. The van der Waals surface area contributed by atoms with Gasteiger partial charge in [0, 0.05) is 13.5 Å². The first-order valence-corrected chi connectivity index (χ1v) is 4.25. The van der Waals surface area contributed by atoms with Crippen LogP contribution in [0.4, 0.5) is 35.1 Å². The van der Waals surface area contributed by atoms with Crippen LogP contribution in [0.25, 0.3) is 0 Å². The van der Waals surface area contributed by atoms with Crippen molar-refractivity contribution in [3.8, 4) is 0 Å². The fourth-order valence-corrected chi connectivity index (χ4v) is 0.780. The highest BCUT2D eigenvalue weighted by Gasteiger charge is 2.79. The molecule has 0 bridgehead atoms. The Labute approximate surface area is 91.7 Å². The Bertz CT molecular complexity index is 257. The molecule has 0 aromatic heterocycles. The van der Waals surface area contributed by atoms with Gasteiger partial charge >= 0.3 is 23.7 Å². The van der Waals surface area contributed by atoms with E-state index in [2.05, 4.69) is 4.74 Å². The molecule has 0 fully saturated rings. The highest BCUT2D eigenvalue weighted by Crippen LogP contribution is 2.52. The maximum absolute atomic E-state index is 12.7. The summed E-state index contributed by atoms with van der Waals surface area (Å²) in [6, 6.07) is 0. The fourth-order valence-electron chi connectivity index (χ4n) is 0.780. The lowest BCUT2D eigenvalue weighted by atomic mass is 10.0. The third-order valence-corrected chi connectivity index (χ3v) is 1.80. The molecular formula is C8H9F8O. The van der Waals surface area contributed by atoms with E-state index >= 15 is 0 Å². The van der Waals surface area contributed by atoms with Crippen molar-refractivity contribution in [2.24, 2.45) is 0 Å². The Morgan fingerprint density at radius 2 is 1.29 bits per heavy atom. The van der Waals surface area contributed by atoms with Crippen LogP contribution in [-0.2, 0) is 4.74 Å². The van der Waals surface area contributed by atoms with E-state index < -0.39 is 36.9 Å². The molecule has 0 N–H and O–H groups in total. The largest absolute Gasteiger partial charge is 0.380 e. The molecular weight excluding hydrogens is 264 g/mol. The summed E-state index contributed by atoms with van der Waals surface area (Å²) >= 11 is 0. The van der Waals surface area contributed by atoms with Crippen LogP contribution in [0, 0.1) is 6.92 Å². The minimum absolute atomic E-state index is 0.460. The topological polar surface area (TPSA) is 9.23 Å². The second-order valence-electron chi connectivity index (χ2n) is 3.19. The van der Waals surface area contributed by atoms with E-state index in [1.165, 1.54) is 6.92 Å². The molecule has 0 spiro atoms. The zero-order valence-corrected chi connectivity index (χ0v) is 8.55. The average molecular weight is 273 g/mol. The summed E-state index contributed by atoms with van der Waals surface area (Å²) in [6.07, 6.45) is 0. The van der Waals surface area contributed by atoms with Crippen molar-refractivity contribution >= 4 is 0 Å². The minimum Gasteiger partial charge on any atom is -0.375 e. The molecule has 0 saturated carbocycles. The van der Waals surface area contributed by atoms with E-state index in [0.29, 0.717) is 0 Å². The summed E-state index contributed by atoms with van der Waals surface area (Å²) in [5, 5.41) is 0. The fraction of sp³-hybridized carbons (Fsp3) is 0.875. The highest BCUT2D eigenvalue weighted by molar-refractivity contribution is 5.04. The van der Waals surface area contributed by atoms with E-state index in [-0.39, 0.29) is 0 Å². The average Bonchev–Trinajstić information content (AvgIpc) is 2.12. The van der Waals surface area contributed by atoms with E-state index in [1.807, 2.05) is 0 Å². The molecule has 0 aliphatic rings. The van der Waals surface area contributed by atoms with Gasteiger partial charge in [-0.05, 0) is 6.92 Å². The van der Waals surface area contributed by atoms with Gasteiger partial charge in [0.05, 0.1) is 0 Å². The van der Waals surface area contributed by atoms with E-state index in [4.69, 9.17) is 0 Å². The standard InChI is InChI=1S/C8H9F8O/c1-3-17-4-6(11,12)8(15,16)7(13,14)5(2,9)10/h2-4H2,1H3. The van der Waals surface area contributed by atoms with Gasteiger partial charge in [0.1, 0.15) is 6.61 Å². The van der Waals surface area contributed by atoms with Crippen molar-refractivity contribution in [2.45, 2.75) is 30.6 Å². The number of halogens is 8. The molecule has 17 heavy (non-hydrogen) atoms. The predicted octanol–water partition coefficient (Wildman–Crippen LogP) is 3.40. The van der Waals surface area contributed by atoms with Crippen molar-refractivity contribution in [3.63, 3.8) is 0 Å². The number of rotatable bonds is 6. The minimum atomic E-state index is -6.29. The molecule has 1 nitrogen and oxygen atoms in total. The molecule has 0 saturated heterocycles. The molecule has 0 aromatic rings.